The van der Waals surface area contributed by atoms with Crippen molar-refractivity contribution in [3.63, 3.8) is 0 Å². The molecular weight excluding hydrogens is 735 g/mol. The highest BCUT2D eigenvalue weighted by Gasteiger charge is 2.77. The van der Waals surface area contributed by atoms with Crippen LogP contribution < -0.4 is 10.6 Å². The van der Waals surface area contributed by atoms with E-state index in [1.54, 1.807) is 18.3 Å². The highest BCUT2D eigenvalue weighted by Crippen LogP contribution is 2.69. The first kappa shape index (κ1) is 38.1. The van der Waals surface area contributed by atoms with Gasteiger partial charge < -0.3 is 25.6 Å². The van der Waals surface area contributed by atoms with Crippen LogP contribution in [0.1, 0.15) is 92.7 Å². The number of carbonyl (C=O) groups excluding carboxylic acids is 2. The van der Waals surface area contributed by atoms with Gasteiger partial charge in [-0.25, -0.2) is 4.98 Å². The summed E-state index contributed by atoms with van der Waals surface area (Å²) in [4.78, 5) is 37.8. The van der Waals surface area contributed by atoms with E-state index in [0.29, 0.717) is 47.5 Å². The molecule has 4 N–H and O–H groups in total. The van der Waals surface area contributed by atoms with Crippen LogP contribution in [0.5, 0.6) is 0 Å². The first-order chi connectivity index (χ1) is 26.5. The molecule has 1 aromatic heterocycles. The van der Waals surface area contributed by atoms with Gasteiger partial charge in [0.05, 0.1) is 43.5 Å². The number of rotatable bonds is 8. The Morgan fingerprint density at radius 2 is 1.65 bits per heavy atom. The molecule has 3 aliphatic heterocycles. The van der Waals surface area contributed by atoms with Gasteiger partial charge in [0.2, 0.25) is 11.8 Å². The van der Waals surface area contributed by atoms with Crippen LogP contribution in [-0.2, 0) is 19.7 Å². The summed E-state index contributed by atoms with van der Waals surface area (Å²) in [5.41, 5.74) is 1.26. The molecule has 1 aliphatic carbocycles. The van der Waals surface area contributed by atoms with E-state index in [9.17, 15) is 10.2 Å². The minimum atomic E-state index is -1.33. The summed E-state index contributed by atoms with van der Waals surface area (Å²) in [6.45, 7) is 4.68. The van der Waals surface area contributed by atoms with Gasteiger partial charge >= 0.3 is 0 Å². The Morgan fingerprint density at radius 1 is 0.964 bits per heavy atom. The van der Waals surface area contributed by atoms with Crippen molar-refractivity contribution in [1.82, 2.24) is 15.2 Å². The zero-order valence-corrected chi connectivity index (χ0v) is 32.6. The van der Waals surface area contributed by atoms with Crippen molar-refractivity contribution in [1.29, 1.82) is 0 Å². The molecule has 3 fully saturated rings. The number of aliphatic hydroxyl groups excluding tert-OH is 2. The molecule has 0 unspecified atom stereocenters. The van der Waals surface area contributed by atoms with Crippen LogP contribution in [0.2, 0.25) is 10.2 Å². The van der Waals surface area contributed by atoms with Gasteiger partial charge in [0.15, 0.2) is 0 Å². The highest BCUT2D eigenvalue weighted by atomic mass is 35.5. The van der Waals surface area contributed by atoms with Gasteiger partial charge in [-0.05, 0) is 90.5 Å². The summed E-state index contributed by atoms with van der Waals surface area (Å²) in [7, 11) is 0. The summed E-state index contributed by atoms with van der Waals surface area (Å²) < 4.78 is 5.95. The summed E-state index contributed by atoms with van der Waals surface area (Å²) in [6, 6.07) is 26.5. The molecule has 4 aromatic rings. The van der Waals surface area contributed by atoms with Crippen molar-refractivity contribution in [2.45, 2.75) is 99.6 Å². The van der Waals surface area contributed by atoms with Crippen molar-refractivity contribution in [3.05, 3.63) is 130 Å². The number of amides is 2. The van der Waals surface area contributed by atoms with E-state index in [4.69, 9.17) is 27.9 Å². The van der Waals surface area contributed by atoms with Gasteiger partial charge in [-0.3, -0.25) is 14.5 Å². The largest absolute Gasteiger partial charge is 0.394 e. The molecule has 4 aliphatic rings. The number of nitrogens with one attached hydrogen (secondary N) is 2. The third-order valence-electron chi connectivity index (χ3n) is 12.9. The molecule has 9 nitrogen and oxygen atoms in total. The summed E-state index contributed by atoms with van der Waals surface area (Å²) in [5, 5.41) is 30.0. The summed E-state index contributed by atoms with van der Waals surface area (Å²) in [5.74, 6) is -1.26. The molecular formula is C44H48Cl2N4O5. The van der Waals surface area contributed by atoms with Crippen LogP contribution in [0.3, 0.4) is 0 Å². The van der Waals surface area contributed by atoms with Crippen LogP contribution in [0.4, 0.5) is 5.69 Å². The van der Waals surface area contributed by atoms with Gasteiger partial charge in [-0.15, -0.1) is 0 Å². The number of fused-ring (bicyclic) bond motifs is 3. The summed E-state index contributed by atoms with van der Waals surface area (Å²) >= 11 is 13.3. The van der Waals surface area contributed by atoms with E-state index in [2.05, 4.69) is 34.4 Å². The third-order valence-corrected chi connectivity index (χ3v) is 13.4. The number of aliphatic hydroxyl groups is 2. The first-order valence-corrected chi connectivity index (χ1v) is 20.1. The number of pyridine rings is 1. The molecule has 2 spiro atoms. The van der Waals surface area contributed by atoms with Gasteiger partial charge in [-0.2, -0.15) is 0 Å². The second-order valence-corrected chi connectivity index (χ2v) is 17.3. The Labute approximate surface area is 332 Å². The van der Waals surface area contributed by atoms with Crippen molar-refractivity contribution in [3.8, 4) is 0 Å². The van der Waals surface area contributed by atoms with E-state index in [1.165, 1.54) is 0 Å². The fraction of sp³-hybridized carbons (Fsp3) is 0.432. The van der Waals surface area contributed by atoms with E-state index in [0.717, 1.165) is 24.0 Å². The first-order valence-electron chi connectivity index (χ1n) is 19.3. The van der Waals surface area contributed by atoms with Crippen molar-refractivity contribution in [2.24, 2.45) is 5.41 Å². The van der Waals surface area contributed by atoms with Crippen molar-refractivity contribution >= 4 is 40.7 Å². The lowest BCUT2D eigenvalue weighted by atomic mass is 9.53. The third kappa shape index (κ3) is 6.47. The molecule has 2 saturated heterocycles. The molecule has 4 heterocycles. The molecule has 0 radical (unpaired) electrons. The predicted molar refractivity (Wildman–Crippen MR) is 213 cm³/mol. The number of nitrogens with zero attached hydrogens (tertiary/aromatic N) is 2. The average molecular weight is 784 g/mol. The van der Waals surface area contributed by atoms with Gasteiger partial charge in [0.1, 0.15) is 10.6 Å². The SMILES string of the molecule is CC1(C)CCC2(CC1)N([C@H](c1ccccc1)[C@@H](O)c1ccccc1)[C@@H](C(=O)N[C@@H]1CC[C@@H](CO)OC1)[C@H](c1ccnc(Cl)c1)[C@]21C(=O)Nc2cc(Cl)ccc21. The van der Waals surface area contributed by atoms with E-state index in [1.807, 2.05) is 78.9 Å². The molecule has 2 amide bonds. The van der Waals surface area contributed by atoms with Gasteiger partial charge in [-0.1, -0.05) is 104 Å². The fourth-order valence-electron chi connectivity index (χ4n) is 10.3. The Morgan fingerprint density at radius 3 is 2.29 bits per heavy atom. The molecule has 11 heteroatoms. The number of aromatic nitrogens is 1. The lowest BCUT2D eigenvalue weighted by Crippen LogP contribution is -2.64. The van der Waals surface area contributed by atoms with Gasteiger partial charge in [0.25, 0.3) is 0 Å². The maximum Gasteiger partial charge on any atom is 0.238 e. The molecule has 1 saturated carbocycles. The molecule has 8 rings (SSSR count). The van der Waals surface area contributed by atoms with Crippen LogP contribution in [0, 0.1) is 5.41 Å². The Balaban J connectivity index is 1.44. The number of halogens is 2. The van der Waals surface area contributed by atoms with Crippen LogP contribution in [0.25, 0.3) is 0 Å². The predicted octanol–water partition coefficient (Wildman–Crippen LogP) is 7.52. The standard InChI is InChI=1S/C44H48Cl2N4O5/c1-42(2)18-20-43(21-19-42)44(33-16-13-30(45)24-34(33)49-41(44)54)36(29-17-22-47-35(46)23-29)38(40(53)48-31-14-15-32(25-51)55-26-31)50(43)37(27-9-5-3-6-10-27)39(52)28-11-7-4-8-12-28/h3-13,16-17,22-24,31-32,36-39,51-52H,14-15,18-21,25-26H2,1-2H3,(H,48,53)(H,49,54)/t31-,32+,36+,37-,38-,39+,44-/m1/s1. The lowest BCUT2D eigenvalue weighted by molar-refractivity contribution is -0.138. The van der Waals surface area contributed by atoms with Crippen molar-refractivity contribution < 1.29 is 24.5 Å². The quantitative estimate of drug-likeness (QED) is 0.136. The topological polar surface area (TPSA) is 124 Å². The van der Waals surface area contributed by atoms with Crippen LogP contribution in [0.15, 0.2) is 97.2 Å². The molecule has 3 aromatic carbocycles. The average Bonchev–Trinajstić information content (AvgIpc) is 3.62. The lowest BCUT2D eigenvalue weighted by Gasteiger charge is -2.56. The fourth-order valence-corrected chi connectivity index (χ4v) is 10.7. The number of benzene rings is 3. The number of hydrogen-bond donors (Lipinski definition) is 4. The van der Waals surface area contributed by atoms with E-state index in [-0.39, 0.29) is 47.7 Å². The molecule has 0 bridgehead atoms. The normalized spacial score (nSPS) is 28.1. The minimum absolute atomic E-state index is 0.0329. The van der Waals surface area contributed by atoms with E-state index >= 15 is 9.59 Å². The molecule has 288 valence electrons. The minimum Gasteiger partial charge on any atom is -0.394 e. The number of likely N-dealkylation sites (tertiary alicyclic amines) is 1. The zero-order valence-electron chi connectivity index (χ0n) is 31.1. The Hall–Kier alpha value is -3.83. The number of anilines is 1. The zero-order chi connectivity index (χ0) is 38.5. The Kier molecular flexibility index (Phi) is 10.3. The number of ether oxygens (including phenoxy) is 1. The highest BCUT2D eigenvalue weighted by molar-refractivity contribution is 6.31. The summed E-state index contributed by atoms with van der Waals surface area (Å²) in [6.07, 6.45) is 4.19. The van der Waals surface area contributed by atoms with Crippen LogP contribution >= 0.6 is 23.2 Å². The number of carbonyl (C=O) groups is 2. The van der Waals surface area contributed by atoms with Gasteiger partial charge in [0, 0.05) is 28.4 Å². The Bertz CT molecular complexity index is 2030. The maximum absolute atomic E-state index is 15.7. The second kappa shape index (κ2) is 14.9. The monoisotopic (exact) mass is 782 g/mol. The molecule has 7 atom stereocenters. The molecule has 55 heavy (non-hydrogen) atoms. The smallest absolute Gasteiger partial charge is 0.238 e. The maximum atomic E-state index is 15.7. The number of hydrogen-bond acceptors (Lipinski definition) is 7. The van der Waals surface area contributed by atoms with Crippen LogP contribution in [-0.4, -0.2) is 68.9 Å². The van der Waals surface area contributed by atoms with E-state index < -0.39 is 35.1 Å². The second-order valence-electron chi connectivity index (χ2n) is 16.5. The van der Waals surface area contributed by atoms with Crippen molar-refractivity contribution in [2.75, 3.05) is 18.5 Å².